The quantitative estimate of drug-likeness (QED) is 0.748. The van der Waals surface area contributed by atoms with Crippen LogP contribution in [-0.2, 0) is 17.1 Å². The topological polar surface area (TPSA) is 76.0 Å². The van der Waals surface area contributed by atoms with E-state index in [0.29, 0.717) is 0 Å². The van der Waals surface area contributed by atoms with Crippen LogP contribution in [-0.4, -0.2) is 37.1 Å². The zero-order valence-corrected chi connectivity index (χ0v) is 10.00. The van der Waals surface area contributed by atoms with Gasteiger partial charge in [-0.1, -0.05) is 0 Å². The van der Waals surface area contributed by atoms with Gasteiger partial charge >= 0.3 is 0 Å². The van der Waals surface area contributed by atoms with Crippen molar-refractivity contribution in [3.63, 3.8) is 0 Å². The lowest BCUT2D eigenvalue weighted by Crippen LogP contribution is -2.42. The Kier molecular flexibility index (Phi) is 3.27. The summed E-state index contributed by atoms with van der Waals surface area (Å²) in [7, 11) is -1.70. The number of piperidine rings is 1. The van der Waals surface area contributed by atoms with E-state index in [1.54, 1.807) is 11.6 Å². The monoisotopic (exact) mass is 244 g/mol. The molecule has 0 aliphatic carbocycles. The maximum atomic E-state index is 11.9. The maximum absolute atomic E-state index is 11.9. The first-order valence-corrected chi connectivity index (χ1v) is 6.77. The molecule has 6 nitrogen and oxygen atoms in total. The Bertz CT molecular complexity index is 448. The van der Waals surface area contributed by atoms with Crippen LogP contribution in [0.15, 0.2) is 17.6 Å². The summed E-state index contributed by atoms with van der Waals surface area (Å²) in [4.78, 5) is 3.85. The van der Waals surface area contributed by atoms with E-state index in [1.165, 1.54) is 12.5 Å². The molecule has 2 N–H and O–H groups in total. The molecule has 0 spiro atoms. The van der Waals surface area contributed by atoms with Gasteiger partial charge in [0.1, 0.15) is 0 Å². The highest BCUT2D eigenvalue weighted by Gasteiger charge is 2.23. The molecule has 0 amide bonds. The van der Waals surface area contributed by atoms with Gasteiger partial charge in [-0.25, -0.2) is 18.1 Å². The van der Waals surface area contributed by atoms with E-state index in [2.05, 4.69) is 15.0 Å². The first kappa shape index (κ1) is 11.6. The summed E-state index contributed by atoms with van der Waals surface area (Å²) in [5.74, 6) is 0. The number of imidazole rings is 1. The van der Waals surface area contributed by atoms with Crippen LogP contribution < -0.4 is 10.0 Å². The average molecular weight is 244 g/mol. The Morgan fingerprint density at radius 3 is 2.75 bits per heavy atom. The molecule has 1 aromatic rings. The lowest BCUT2D eigenvalue weighted by Gasteiger charge is -2.22. The van der Waals surface area contributed by atoms with E-state index in [4.69, 9.17) is 0 Å². The molecule has 2 heterocycles. The zero-order valence-electron chi connectivity index (χ0n) is 9.18. The number of sulfonamides is 1. The molecule has 7 heteroatoms. The molecule has 2 rings (SSSR count). The minimum absolute atomic E-state index is 0.0215. The van der Waals surface area contributed by atoms with Crippen molar-refractivity contribution < 1.29 is 8.42 Å². The Balaban J connectivity index is 2.07. The number of nitrogens with zero attached hydrogens (tertiary/aromatic N) is 2. The van der Waals surface area contributed by atoms with Gasteiger partial charge < -0.3 is 9.88 Å². The third-order valence-electron chi connectivity index (χ3n) is 2.62. The van der Waals surface area contributed by atoms with Gasteiger partial charge in [-0.2, -0.15) is 0 Å². The molecule has 1 saturated heterocycles. The Morgan fingerprint density at radius 1 is 1.50 bits per heavy atom. The molecule has 1 aliphatic rings. The summed E-state index contributed by atoms with van der Waals surface area (Å²) in [6.07, 6.45) is 4.64. The third-order valence-corrected chi connectivity index (χ3v) is 4.02. The summed E-state index contributed by atoms with van der Waals surface area (Å²) in [5, 5.41) is 3.28. The molecule has 0 atom stereocenters. The molecule has 1 aromatic heterocycles. The van der Waals surface area contributed by atoms with E-state index in [9.17, 15) is 8.42 Å². The van der Waals surface area contributed by atoms with Gasteiger partial charge in [0, 0.05) is 19.3 Å². The Labute approximate surface area is 95.1 Å². The summed E-state index contributed by atoms with van der Waals surface area (Å²) in [5.41, 5.74) is 0. The number of hydrogen-bond donors (Lipinski definition) is 2. The van der Waals surface area contributed by atoms with E-state index in [1.807, 2.05) is 0 Å². The van der Waals surface area contributed by atoms with Crippen LogP contribution in [0, 0.1) is 0 Å². The van der Waals surface area contributed by atoms with Crippen LogP contribution in [0.25, 0.3) is 0 Å². The van der Waals surface area contributed by atoms with E-state index >= 15 is 0 Å². The van der Waals surface area contributed by atoms with E-state index in [0.717, 1.165) is 25.9 Å². The van der Waals surface area contributed by atoms with Crippen LogP contribution in [0.1, 0.15) is 12.8 Å². The summed E-state index contributed by atoms with van der Waals surface area (Å²) in [6.45, 7) is 1.71. The number of rotatable bonds is 3. The molecular formula is C9H16N4O2S. The lowest BCUT2D eigenvalue weighted by atomic mass is 10.1. The second-order valence-electron chi connectivity index (χ2n) is 4.02. The van der Waals surface area contributed by atoms with Gasteiger partial charge in [-0.15, -0.1) is 0 Å². The second kappa shape index (κ2) is 4.52. The lowest BCUT2D eigenvalue weighted by molar-refractivity contribution is 0.426. The van der Waals surface area contributed by atoms with E-state index < -0.39 is 10.0 Å². The van der Waals surface area contributed by atoms with Gasteiger partial charge in [-0.05, 0) is 25.9 Å². The highest BCUT2D eigenvalue weighted by Crippen LogP contribution is 2.09. The van der Waals surface area contributed by atoms with E-state index in [-0.39, 0.29) is 11.1 Å². The zero-order chi connectivity index (χ0) is 11.6. The normalized spacial score (nSPS) is 18.8. The summed E-state index contributed by atoms with van der Waals surface area (Å²) >= 11 is 0. The van der Waals surface area contributed by atoms with Gasteiger partial charge in [0.25, 0.3) is 10.0 Å². The number of aromatic nitrogens is 2. The van der Waals surface area contributed by atoms with Gasteiger partial charge in [-0.3, -0.25) is 0 Å². The highest BCUT2D eigenvalue weighted by molar-refractivity contribution is 7.89. The fourth-order valence-electron chi connectivity index (χ4n) is 1.75. The molecular weight excluding hydrogens is 228 g/mol. The fourth-order valence-corrected chi connectivity index (χ4v) is 3.03. The molecule has 0 radical (unpaired) electrons. The predicted molar refractivity (Wildman–Crippen MR) is 59.4 cm³/mol. The molecule has 1 aliphatic heterocycles. The number of hydrogen-bond acceptors (Lipinski definition) is 4. The first-order valence-electron chi connectivity index (χ1n) is 5.29. The van der Waals surface area contributed by atoms with Gasteiger partial charge in [0.05, 0.1) is 6.33 Å². The third kappa shape index (κ3) is 2.60. The van der Waals surface area contributed by atoms with Crippen molar-refractivity contribution in [2.24, 2.45) is 7.05 Å². The van der Waals surface area contributed by atoms with Crippen LogP contribution in [0.3, 0.4) is 0 Å². The predicted octanol–water partition coefficient (Wildman–Crippen LogP) is -0.550. The van der Waals surface area contributed by atoms with Crippen molar-refractivity contribution >= 4 is 10.0 Å². The fraction of sp³-hybridized carbons (Fsp3) is 0.667. The standard InChI is InChI=1S/C9H16N4O2S/c1-13-6-9(11-7-13)16(14,15)12-8-2-4-10-5-3-8/h6-8,10,12H,2-5H2,1H3. The summed E-state index contributed by atoms with van der Waals surface area (Å²) in [6, 6.07) is 0.0215. The minimum atomic E-state index is -3.45. The van der Waals surface area contributed by atoms with Crippen LogP contribution in [0.4, 0.5) is 0 Å². The van der Waals surface area contributed by atoms with Crippen molar-refractivity contribution in [1.82, 2.24) is 19.6 Å². The van der Waals surface area contributed by atoms with Crippen molar-refractivity contribution in [2.45, 2.75) is 23.9 Å². The average Bonchev–Trinajstić information content (AvgIpc) is 2.66. The van der Waals surface area contributed by atoms with Crippen LogP contribution in [0.2, 0.25) is 0 Å². The smallest absolute Gasteiger partial charge is 0.259 e. The number of aryl methyl sites for hydroxylation is 1. The second-order valence-corrected chi connectivity index (χ2v) is 5.68. The summed E-state index contributed by atoms with van der Waals surface area (Å²) < 4.78 is 28.1. The molecule has 0 saturated carbocycles. The van der Waals surface area contributed by atoms with Crippen LogP contribution >= 0.6 is 0 Å². The van der Waals surface area contributed by atoms with Crippen molar-refractivity contribution in [1.29, 1.82) is 0 Å². The molecule has 1 fully saturated rings. The minimum Gasteiger partial charge on any atom is -0.339 e. The molecule has 0 aromatic carbocycles. The Hall–Kier alpha value is -0.920. The highest BCUT2D eigenvalue weighted by atomic mass is 32.2. The van der Waals surface area contributed by atoms with Crippen molar-refractivity contribution in [2.75, 3.05) is 13.1 Å². The van der Waals surface area contributed by atoms with Gasteiger partial charge in [0.2, 0.25) is 0 Å². The first-order chi connectivity index (χ1) is 7.58. The molecule has 16 heavy (non-hydrogen) atoms. The van der Waals surface area contributed by atoms with Crippen molar-refractivity contribution in [3.05, 3.63) is 12.5 Å². The molecule has 0 unspecified atom stereocenters. The van der Waals surface area contributed by atoms with Crippen molar-refractivity contribution in [3.8, 4) is 0 Å². The number of nitrogens with one attached hydrogen (secondary N) is 2. The maximum Gasteiger partial charge on any atom is 0.259 e. The Morgan fingerprint density at radius 2 is 2.19 bits per heavy atom. The molecule has 0 bridgehead atoms. The SMILES string of the molecule is Cn1cnc(S(=O)(=O)NC2CCNCC2)c1. The van der Waals surface area contributed by atoms with Crippen LogP contribution in [0.5, 0.6) is 0 Å². The largest absolute Gasteiger partial charge is 0.339 e. The molecule has 90 valence electrons. The van der Waals surface area contributed by atoms with Gasteiger partial charge in [0.15, 0.2) is 5.03 Å².